The maximum atomic E-state index is 12.9. The summed E-state index contributed by atoms with van der Waals surface area (Å²) in [6.45, 7) is 0. The summed E-state index contributed by atoms with van der Waals surface area (Å²) in [7, 11) is 0. The van der Waals surface area contributed by atoms with Gasteiger partial charge in [-0.15, -0.1) is 0 Å². The molecular weight excluding hydrogens is 359 g/mol. The number of aromatic nitrogens is 2. The van der Waals surface area contributed by atoms with E-state index in [0.29, 0.717) is 5.69 Å². The van der Waals surface area contributed by atoms with E-state index in [0.717, 1.165) is 17.0 Å². The molecule has 10 heteroatoms. The molecule has 7 nitrogen and oxygen atoms in total. The van der Waals surface area contributed by atoms with E-state index >= 15 is 0 Å². The fourth-order valence-electron chi connectivity index (χ4n) is 2.79. The van der Waals surface area contributed by atoms with Crippen molar-refractivity contribution < 1.29 is 13.2 Å². The van der Waals surface area contributed by atoms with Gasteiger partial charge in [0.1, 0.15) is 11.4 Å². The number of hydrogen-bond donors (Lipinski definition) is 4. The van der Waals surface area contributed by atoms with E-state index in [1.165, 1.54) is 12.1 Å². The van der Waals surface area contributed by atoms with Crippen LogP contribution in [-0.2, 0) is 12.0 Å². The van der Waals surface area contributed by atoms with Gasteiger partial charge in [0.15, 0.2) is 11.8 Å². The summed E-state index contributed by atoms with van der Waals surface area (Å²) in [6.07, 6.45) is -4.58. The van der Waals surface area contributed by atoms with Crippen LogP contribution in [0.4, 0.5) is 13.2 Å². The Kier molecular flexibility index (Phi) is 3.67. The maximum Gasteiger partial charge on any atom is 0.433 e. The number of fused-ring (bicyclic) bond motifs is 1. The van der Waals surface area contributed by atoms with Crippen molar-refractivity contribution >= 4 is 22.7 Å². The number of nitrogens with one attached hydrogen (secondary N) is 2. The van der Waals surface area contributed by atoms with Gasteiger partial charge in [-0.2, -0.15) is 13.2 Å². The Hall–Kier alpha value is -3.40. The zero-order valence-corrected chi connectivity index (χ0v) is 13.7. The number of aliphatic imine (C=N–C) groups is 2. The van der Waals surface area contributed by atoms with E-state index in [9.17, 15) is 13.2 Å². The Bertz CT molecular complexity index is 1050. The third kappa shape index (κ3) is 3.10. The topological polar surface area (TPSA) is 117 Å². The zero-order valence-electron chi connectivity index (χ0n) is 13.7. The van der Waals surface area contributed by atoms with E-state index in [1.54, 1.807) is 6.07 Å². The van der Waals surface area contributed by atoms with Crippen LogP contribution in [0.3, 0.4) is 0 Å². The Morgan fingerprint density at radius 3 is 2.52 bits per heavy atom. The van der Waals surface area contributed by atoms with Crippen molar-refractivity contribution in [1.82, 2.24) is 15.3 Å². The molecule has 4 rings (SSSR count). The fraction of sp³-hybridized carbons (Fsp3) is 0.118. The number of H-pyrrole nitrogens is 1. The first-order valence-electron chi connectivity index (χ1n) is 7.88. The number of nitrogens with zero attached hydrogens (tertiary/aromatic N) is 3. The van der Waals surface area contributed by atoms with Crippen LogP contribution >= 0.6 is 0 Å². The Labute approximate surface area is 151 Å². The monoisotopic (exact) mass is 373 g/mol. The first-order chi connectivity index (χ1) is 12.7. The van der Waals surface area contributed by atoms with Crippen LogP contribution in [0.15, 0.2) is 58.5 Å². The van der Waals surface area contributed by atoms with E-state index in [2.05, 4.69) is 25.3 Å². The molecule has 1 aromatic carbocycles. The lowest BCUT2D eigenvalue weighted by Crippen LogP contribution is -2.49. The van der Waals surface area contributed by atoms with Gasteiger partial charge >= 0.3 is 6.18 Å². The van der Waals surface area contributed by atoms with E-state index in [-0.39, 0.29) is 17.5 Å². The molecule has 0 radical (unpaired) electrons. The number of amidine groups is 1. The number of alkyl halides is 3. The van der Waals surface area contributed by atoms with Crippen LogP contribution in [0, 0.1) is 0 Å². The third-order valence-electron chi connectivity index (χ3n) is 4.03. The molecule has 0 saturated carbocycles. The van der Waals surface area contributed by atoms with Crippen molar-refractivity contribution in [2.45, 2.75) is 12.0 Å². The summed E-state index contributed by atoms with van der Waals surface area (Å²) in [5.41, 5.74) is 12.3. The van der Waals surface area contributed by atoms with E-state index < -0.39 is 17.7 Å². The SMILES string of the molecule is NC1=NC(N)(c2cc3ccccc3[nH]2)N=C(c2cccc(C(F)(F)F)n2)N1. The Morgan fingerprint density at radius 2 is 1.78 bits per heavy atom. The molecule has 6 N–H and O–H groups in total. The number of rotatable bonds is 2. The third-order valence-corrected chi connectivity index (χ3v) is 4.03. The van der Waals surface area contributed by atoms with E-state index in [1.807, 2.05) is 24.3 Å². The smallest absolute Gasteiger partial charge is 0.370 e. The maximum absolute atomic E-state index is 12.9. The highest BCUT2D eigenvalue weighted by Gasteiger charge is 2.35. The molecule has 3 heterocycles. The highest BCUT2D eigenvalue weighted by Crippen LogP contribution is 2.29. The number of guanidine groups is 1. The van der Waals surface area contributed by atoms with Crippen molar-refractivity contribution in [2.24, 2.45) is 21.5 Å². The molecule has 0 bridgehead atoms. The molecule has 27 heavy (non-hydrogen) atoms. The van der Waals surface area contributed by atoms with Gasteiger partial charge in [-0.05, 0) is 29.7 Å². The fourth-order valence-corrected chi connectivity index (χ4v) is 2.79. The lowest BCUT2D eigenvalue weighted by Gasteiger charge is -2.26. The zero-order chi connectivity index (χ0) is 19.2. The van der Waals surface area contributed by atoms with Crippen molar-refractivity contribution in [3.63, 3.8) is 0 Å². The second-order valence-corrected chi connectivity index (χ2v) is 5.98. The molecule has 3 aromatic rings. The average molecular weight is 373 g/mol. The van der Waals surface area contributed by atoms with Crippen molar-refractivity contribution in [3.8, 4) is 0 Å². The summed E-state index contributed by atoms with van der Waals surface area (Å²) in [5.74, 6) is -1.71. The van der Waals surface area contributed by atoms with Crippen LogP contribution < -0.4 is 16.8 Å². The van der Waals surface area contributed by atoms with Gasteiger partial charge in [0.2, 0.25) is 5.79 Å². The molecule has 0 aliphatic carbocycles. The molecule has 1 aliphatic rings. The predicted octanol–water partition coefficient (Wildman–Crippen LogP) is 2.02. The quantitative estimate of drug-likeness (QED) is 0.550. The van der Waals surface area contributed by atoms with Crippen LogP contribution in [0.5, 0.6) is 0 Å². The lowest BCUT2D eigenvalue weighted by atomic mass is 10.2. The second kappa shape index (κ2) is 5.81. The van der Waals surface area contributed by atoms with Gasteiger partial charge < -0.3 is 16.0 Å². The summed E-state index contributed by atoms with van der Waals surface area (Å²) >= 11 is 0. The molecule has 0 spiro atoms. The summed E-state index contributed by atoms with van der Waals surface area (Å²) in [6, 6.07) is 12.7. The number of pyridine rings is 1. The molecule has 0 amide bonds. The predicted molar refractivity (Wildman–Crippen MR) is 94.7 cm³/mol. The molecule has 138 valence electrons. The van der Waals surface area contributed by atoms with Gasteiger partial charge in [-0.25, -0.2) is 15.0 Å². The lowest BCUT2D eigenvalue weighted by molar-refractivity contribution is -0.141. The van der Waals surface area contributed by atoms with Crippen molar-refractivity contribution in [1.29, 1.82) is 0 Å². The van der Waals surface area contributed by atoms with Gasteiger partial charge in [-0.1, -0.05) is 24.3 Å². The normalized spacial score (nSPS) is 20.1. The number of hydrogen-bond acceptors (Lipinski definition) is 6. The van der Waals surface area contributed by atoms with Gasteiger partial charge in [0.25, 0.3) is 0 Å². The number of halogens is 3. The number of aromatic amines is 1. The molecule has 2 aromatic heterocycles. The minimum atomic E-state index is -4.58. The highest BCUT2D eigenvalue weighted by atomic mass is 19.4. The van der Waals surface area contributed by atoms with Gasteiger partial charge in [0.05, 0.1) is 5.69 Å². The van der Waals surface area contributed by atoms with Gasteiger partial charge in [0, 0.05) is 5.52 Å². The summed E-state index contributed by atoms with van der Waals surface area (Å²) in [5, 5.41) is 3.51. The van der Waals surface area contributed by atoms with Crippen LogP contribution in [0.1, 0.15) is 17.1 Å². The Morgan fingerprint density at radius 1 is 1.00 bits per heavy atom. The number of para-hydroxylation sites is 1. The van der Waals surface area contributed by atoms with E-state index in [4.69, 9.17) is 11.5 Å². The van der Waals surface area contributed by atoms with Crippen LogP contribution in [0.2, 0.25) is 0 Å². The highest BCUT2D eigenvalue weighted by molar-refractivity contribution is 6.08. The van der Waals surface area contributed by atoms with Crippen molar-refractivity contribution in [2.75, 3.05) is 0 Å². The van der Waals surface area contributed by atoms with Crippen molar-refractivity contribution in [3.05, 3.63) is 65.6 Å². The first-order valence-corrected chi connectivity index (χ1v) is 7.88. The molecule has 1 aliphatic heterocycles. The minimum absolute atomic E-state index is 0.00486. The first kappa shape index (κ1) is 17.0. The Balaban J connectivity index is 1.80. The summed E-state index contributed by atoms with van der Waals surface area (Å²) < 4.78 is 38.8. The molecule has 1 unspecified atom stereocenters. The molecular formula is C17H14F3N7. The second-order valence-electron chi connectivity index (χ2n) is 5.98. The number of benzene rings is 1. The minimum Gasteiger partial charge on any atom is -0.370 e. The van der Waals surface area contributed by atoms with Crippen LogP contribution in [-0.4, -0.2) is 21.8 Å². The van der Waals surface area contributed by atoms with Gasteiger partial charge in [-0.3, -0.25) is 5.73 Å². The average Bonchev–Trinajstić information content (AvgIpc) is 3.05. The number of nitrogens with two attached hydrogens (primary N) is 2. The largest absolute Gasteiger partial charge is 0.433 e. The standard InChI is InChI=1S/C17H14F3N7/c18-16(19,20)12-7-3-6-11(24-12)14-25-15(21)27-17(22,26-14)13-8-9-4-1-2-5-10(9)23-13/h1-8,23H,22H2,(H3,21,25,26,27). The molecule has 0 saturated heterocycles. The molecule has 1 atom stereocenters. The van der Waals surface area contributed by atoms with Crippen LogP contribution in [0.25, 0.3) is 10.9 Å². The molecule has 0 fully saturated rings. The summed E-state index contributed by atoms with van der Waals surface area (Å²) in [4.78, 5) is 15.1.